The summed E-state index contributed by atoms with van der Waals surface area (Å²) in [6.45, 7) is 7.19. The summed E-state index contributed by atoms with van der Waals surface area (Å²) in [5.74, 6) is 0. The highest BCUT2D eigenvalue weighted by atomic mass is 79.9. The number of nitro benzene ring substituents is 1. The summed E-state index contributed by atoms with van der Waals surface area (Å²) in [4.78, 5) is 13.6. The van der Waals surface area contributed by atoms with Gasteiger partial charge in [-0.2, -0.15) is 5.26 Å². The third kappa shape index (κ3) is 3.69. The van der Waals surface area contributed by atoms with Gasteiger partial charge in [-0.3, -0.25) is 10.1 Å². The van der Waals surface area contributed by atoms with Gasteiger partial charge in [0.2, 0.25) is 5.69 Å². The van der Waals surface area contributed by atoms with E-state index in [2.05, 4.69) is 20.8 Å². The van der Waals surface area contributed by atoms with E-state index in [-0.39, 0.29) is 49.0 Å². The standard InChI is InChI=1S/C15H4BrCl4N3O2/c1-22-15-13(19)7(9(5-21)12(18)14(15)20)4-8-10(16)2-6(23(24)25)3-11(8)17/h2-3H,4H2. The molecule has 0 spiro atoms. The molecule has 0 aliphatic carbocycles. The Morgan fingerprint density at radius 2 is 1.84 bits per heavy atom. The molecule has 126 valence electrons. The number of halogens is 5. The van der Waals surface area contributed by atoms with E-state index in [1.165, 1.54) is 12.1 Å². The normalized spacial score (nSPS) is 10.2. The fourth-order valence-electron chi connectivity index (χ4n) is 2.12. The maximum Gasteiger partial charge on any atom is 0.272 e. The van der Waals surface area contributed by atoms with Gasteiger partial charge < -0.3 is 0 Å². The summed E-state index contributed by atoms with van der Waals surface area (Å²) in [5.41, 5.74) is 0.478. The first-order chi connectivity index (χ1) is 11.7. The molecule has 2 aromatic rings. The first-order valence-electron chi connectivity index (χ1n) is 6.32. The van der Waals surface area contributed by atoms with Crippen molar-refractivity contribution in [2.24, 2.45) is 0 Å². The molecule has 10 heteroatoms. The van der Waals surface area contributed by atoms with Crippen molar-refractivity contribution in [3.8, 4) is 6.07 Å². The van der Waals surface area contributed by atoms with Gasteiger partial charge in [0.25, 0.3) is 5.69 Å². The fourth-order valence-corrected chi connectivity index (χ4v) is 3.92. The molecule has 0 saturated carbocycles. The van der Waals surface area contributed by atoms with Crippen molar-refractivity contribution >= 4 is 73.7 Å². The highest BCUT2D eigenvalue weighted by Gasteiger charge is 2.23. The van der Waals surface area contributed by atoms with Crippen molar-refractivity contribution in [1.82, 2.24) is 0 Å². The van der Waals surface area contributed by atoms with Crippen molar-refractivity contribution in [1.29, 1.82) is 5.26 Å². The Balaban J connectivity index is 2.71. The smallest absolute Gasteiger partial charge is 0.258 e. The molecule has 5 nitrogen and oxygen atoms in total. The van der Waals surface area contributed by atoms with Crippen LogP contribution in [0.25, 0.3) is 4.85 Å². The average Bonchev–Trinajstić information content (AvgIpc) is 2.55. The van der Waals surface area contributed by atoms with Crippen LogP contribution in [0.2, 0.25) is 20.1 Å². The van der Waals surface area contributed by atoms with Crippen LogP contribution >= 0.6 is 62.3 Å². The van der Waals surface area contributed by atoms with Gasteiger partial charge in [0.05, 0.1) is 37.1 Å². The highest BCUT2D eigenvalue weighted by molar-refractivity contribution is 9.10. The molecule has 0 bridgehead atoms. The maximum atomic E-state index is 10.9. The average molecular weight is 480 g/mol. The predicted molar refractivity (Wildman–Crippen MR) is 101 cm³/mol. The zero-order valence-corrected chi connectivity index (χ0v) is 16.5. The van der Waals surface area contributed by atoms with Crippen molar-refractivity contribution in [3.05, 3.63) is 74.9 Å². The first kappa shape index (κ1) is 19.8. The fraction of sp³-hybridized carbons (Fsp3) is 0.0667. The van der Waals surface area contributed by atoms with Gasteiger partial charge in [-0.15, -0.1) is 0 Å². The molecule has 0 heterocycles. The lowest BCUT2D eigenvalue weighted by atomic mass is 9.99. The lowest BCUT2D eigenvalue weighted by Gasteiger charge is -2.14. The molecule has 0 amide bonds. The highest BCUT2D eigenvalue weighted by Crippen LogP contribution is 2.45. The number of nitriles is 1. The number of nitrogens with zero attached hydrogens (tertiary/aromatic N) is 3. The van der Waals surface area contributed by atoms with Crippen LogP contribution < -0.4 is 0 Å². The second kappa shape index (κ2) is 7.78. The molecule has 0 aliphatic rings. The molecule has 2 rings (SSSR count). The van der Waals surface area contributed by atoms with Gasteiger partial charge >= 0.3 is 0 Å². The molecule has 0 unspecified atom stereocenters. The van der Waals surface area contributed by atoms with Gasteiger partial charge in [0.1, 0.15) is 6.07 Å². The number of non-ortho nitro benzene ring substituents is 1. The van der Waals surface area contributed by atoms with Crippen LogP contribution in [0, 0.1) is 28.0 Å². The number of rotatable bonds is 3. The predicted octanol–water partition coefficient (Wildman–Crippen LogP) is 6.98. The van der Waals surface area contributed by atoms with E-state index in [1.807, 2.05) is 6.07 Å². The van der Waals surface area contributed by atoms with E-state index in [9.17, 15) is 15.4 Å². The summed E-state index contributed by atoms with van der Waals surface area (Å²) in [6.07, 6.45) is 0.0263. The Bertz CT molecular complexity index is 973. The topological polar surface area (TPSA) is 71.3 Å². The van der Waals surface area contributed by atoms with Crippen LogP contribution in [0.1, 0.15) is 16.7 Å². The van der Waals surface area contributed by atoms with Crippen molar-refractivity contribution < 1.29 is 4.92 Å². The largest absolute Gasteiger partial charge is 0.272 e. The lowest BCUT2D eigenvalue weighted by molar-refractivity contribution is -0.384. The summed E-state index contributed by atoms with van der Waals surface area (Å²) in [7, 11) is 0. The van der Waals surface area contributed by atoms with Crippen molar-refractivity contribution in [2.45, 2.75) is 6.42 Å². The minimum absolute atomic E-state index is 0.0118. The zero-order valence-electron chi connectivity index (χ0n) is 11.9. The Hall–Kier alpha value is -1.54. The van der Waals surface area contributed by atoms with Crippen LogP contribution in [-0.2, 0) is 6.42 Å². The minimum atomic E-state index is -0.579. The number of benzene rings is 2. The molecular weight excluding hydrogens is 476 g/mol. The summed E-state index contributed by atoms with van der Waals surface area (Å²) >= 11 is 27.7. The molecule has 2 aromatic carbocycles. The number of nitro groups is 1. The summed E-state index contributed by atoms with van der Waals surface area (Å²) in [5, 5.41) is 20.2. The van der Waals surface area contributed by atoms with Crippen LogP contribution in [0.5, 0.6) is 0 Å². The molecule has 0 N–H and O–H groups in total. The van der Waals surface area contributed by atoms with E-state index >= 15 is 0 Å². The molecule has 0 fully saturated rings. The molecule has 0 radical (unpaired) electrons. The first-order valence-corrected chi connectivity index (χ1v) is 8.62. The Morgan fingerprint density at radius 3 is 2.32 bits per heavy atom. The van der Waals surface area contributed by atoms with E-state index in [1.54, 1.807) is 0 Å². The molecule has 0 aliphatic heterocycles. The molecule has 0 atom stereocenters. The Labute approximate surface area is 170 Å². The van der Waals surface area contributed by atoms with Crippen LogP contribution in [-0.4, -0.2) is 4.92 Å². The minimum Gasteiger partial charge on any atom is -0.258 e. The number of hydrogen-bond acceptors (Lipinski definition) is 3. The third-order valence-electron chi connectivity index (χ3n) is 3.31. The van der Waals surface area contributed by atoms with E-state index < -0.39 is 4.92 Å². The zero-order chi connectivity index (χ0) is 18.9. The van der Waals surface area contributed by atoms with E-state index in [0.29, 0.717) is 10.0 Å². The SMILES string of the molecule is [C-]#[N+]c1c(Cl)c(Cl)c(C#N)c(Cc2c(Cl)cc([N+](=O)[O-])cc2Br)c1Cl. The van der Waals surface area contributed by atoms with Crippen LogP contribution in [0.15, 0.2) is 16.6 Å². The molecular formula is C15H4BrCl4N3O2. The quantitative estimate of drug-likeness (QED) is 0.206. The van der Waals surface area contributed by atoms with E-state index in [4.69, 9.17) is 53.0 Å². The lowest BCUT2D eigenvalue weighted by Crippen LogP contribution is -1.99. The van der Waals surface area contributed by atoms with Gasteiger partial charge in [-0.25, -0.2) is 4.85 Å². The van der Waals surface area contributed by atoms with Gasteiger partial charge in [0.15, 0.2) is 0 Å². The van der Waals surface area contributed by atoms with Gasteiger partial charge in [0, 0.05) is 23.0 Å². The van der Waals surface area contributed by atoms with E-state index in [0.717, 1.165) is 0 Å². The van der Waals surface area contributed by atoms with Crippen molar-refractivity contribution in [3.63, 3.8) is 0 Å². The number of hydrogen-bond donors (Lipinski definition) is 0. The van der Waals surface area contributed by atoms with Gasteiger partial charge in [-0.1, -0.05) is 62.3 Å². The summed E-state index contributed by atoms with van der Waals surface area (Å²) in [6, 6.07) is 4.39. The Morgan fingerprint density at radius 1 is 1.20 bits per heavy atom. The van der Waals surface area contributed by atoms with Crippen LogP contribution in [0.3, 0.4) is 0 Å². The molecule has 0 aromatic heterocycles. The second-order valence-electron chi connectivity index (χ2n) is 4.69. The monoisotopic (exact) mass is 477 g/mol. The molecule has 25 heavy (non-hydrogen) atoms. The molecule has 0 saturated heterocycles. The Kier molecular flexibility index (Phi) is 6.16. The summed E-state index contributed by atoms with van der Waals surface area (Å²) < 4.78 is 0.363. The van der Waals surface area contributed by atoms with Crippen LogP contribution in [0.4, 0.5) is 11.4 Å². The van der Waals surface area contributed by atoms with Gasteiger partial charge in [-0.05, 0) is 11.1 Å². The maximum absolute atomic E-state index is 10.9. The third-order valence-corrected chi connectivity index (χ3v) is 5.60. The second-order valence-corrected chi connectivity index (χ2v) is 7.08. The van der Waals surface area contributed by atoms with Crippen molar-refractivity contribution in [2.75, 3.05) is 0 Å².